The molecule has 1 unspecified atom stereocenters. The zero-order chi connectivity index (χ0) is 25.8. The molecule has 0 spiro atoms. The monoisotopic (exact) mass is 512 g/mol. The summed E-state index contributed by atoms with van der Waals surface area (Å²) < 4.78 is 13.1. The fraction of sp³-hybridized carbons (Fsp3) is 0.609. The molecule has 1 fully saturated rings. The van der Waals surface area contributed by atoms with Crippen molar-refractivity contribution in [2.24, 2.45) is 0 Å². The summed E-state index contributed by atoms with van der Waals surface area (Å²) in [5.41, 5.74) is 1.85. The summed E-state index contributed by atoms with van der Waals surface area (Å²) in [5.74, 6) is -1.96. The minimum Gasteiger partial charge on any atom is -0.480 e. The van der Waals surface area contributed by atoms with Gasteiger partial charge in [-0.25, -0.2) is 0 Å². The van der Waals surface area contributed by atoms with Gasteiger partial charge in [0.05, 0.1) is 32.1 Å². The van der Waals surface area contributed by atoms with E-state index in [9.17, 15) is 34.1 Å². The topological polar surface area (TPSA) is 142 Å². The fourth-order valence-corrected chi connectivity index (χ4v) is 5.84. The number of carbonyl (C=O) groups is 3. The molecule has 0 aromatic heterocycles. The number of aryl methyl sites for hydroxylation is 1. The molecular weight excluding hydrogens is 475 g/mol. The first kappa shape index (κ1) is 29.1. The highest BCUT2D eigenvalue weighted by Crippen LogP contribution is 2.44. The molecular formula is C23H37N4O7P. The fourth-order valence-electron chi connectivity index (χ4n) is 4.05. The number of aldehydes is 1. The summed E-state index contributed by atoms with van der Waals surface area (Å²) in [6.45, 7) is 4.95. The molecule has 1 aliphatic heterocycles. The number of carboxylic acid groups (broad SMARTS) is 2. The zero-order valence-electron chi connectivity index (χ0n) is 20.3. The number of hydrogen-bond donors (Lipinski definition) is 3. The average molecular weight is 513 g/mol. The van der Waals surface area contributed by atoms with E-state index < -0.39 is 19.3 Å². The summed E-state index contributed by atoms with van der Waals surface area (Å²) in [6, 6.07) is 7.50. The highest BCUT2D eigenvalue weighted by Gasteiger charge is 2.25. The molecule has 0 radical (unpaired) electrons. The minimum absolute atomic E-state index is 0.0398. The number of aliphatic carboxylic acids is 2. The molecule has 0 saturated carbocycles. The van der Waals surface area contributed by atoms with Crippen LogP contribution in [0.2, 0.25) is 0 Å². The first-order valence-electron chi connectivity index (χ1n) is 11.7. The number of hydrogen-bond acceptors (Lipinski definition) is 8. The number of benzene rings is 1. The highest BCUT2D eigenvalue weighted by molar-refractivity contribution is 7.57. The SMILES string of the molecule is Cc1ccc(CP(=O)(O)CN2CCN(CC=O)CCN(CC(=O)O)CCN(CC(=O)O)CC2)cc1. The van der Waals surface area contributed by atoms with Gasteiger partial charge in [-0.15, -0.1) is 0 Å². The summed E-state index contributed by atoms with van der Waals surface area (Å²) in [5, 5.41) is 18.5. The van der Waals surface area contributed by atoms with Crippen LogP contribution >= 0.6 is 7.37 Å². The first-order chi connectivity index (χ1) is 16.6. The third kappa shape index (κ3) is 11.9. The van der Waals surface area contributed by atoms with Crippen molar-refractivity contribution in [1.29, 1.82) is 0 Å². The second-order valence-corrected chi connectivity index (χ2v) is 11.3. The van der Waals surface area contributed by atoms with Crippen molar-refractivity contribution < 1.29 is 34.1 Å². The maximum Gasteiger partial charge on any atom is 0.317 e. The van der Waals surface area contributed by atoms with E-state index in [1.807, 2.05) is 41.0 Å². The summed E-state index contributed by atoms with van der Waals surface area (Å²) in [6.07, 6.45) is 0.799. The van der Waals surface area contributed by atoms with E-state index in [-0.39, 0.29) is 32.1 Å². The third-order valence-corrected chi connectivity index (χ3v) is 7.65. The molecule has 3 N–H and O–H groups in total. The van der Waals surface area contributed by atoms with Gasteiger partial charge >= 0.3 is 11.9 Å². The Bertz CT molecular complexity index is 883. The van der Waals surface area contributed by atoms with Crippen LogP contribution in [0, 0.1) is 6.92 Å². The largest absolute Gasteiger partial charge is 0.480 e. The van der Waals surface area contributed by atoms with Crippen LogP contribution < -0.4 is 0 Å². The first-order valence-corrected chi connectivity index (χ1v) is 13.7. The Balaban J connectivity index is 2.14. The molecule has 12 heteroatoms. The Morgan fingerprint density at radius 3 is 1.69 bits per heavy atom. The molecule has 1 aliphatic rings. The molecule has 0 amide bonds. The highest BCUT2D eigenvalue weighted by atomic mass is 31.2. The lowest BCUT2D eigenvalue weighted by atomic mass is 10.2. The van der Waals surface area contributed by atoms with Gasteiger partial charge in [-0.2, -0.15) is 0 Å². The molecule has 1 aromatic rings. The van der Waals surface area contributed by atoms with Gasteiger partial charge in [0.2, 0.25) is 7.37 Å². The van der Waals surface area contributed by atoms with Crippen LogP contribution in [-0.4, -0.2) is 131 Å². The molecule has 196 valence electrons. The molecule has 2 rings (SSSR count). The van der Waals surface area contributed by atoms with Crippen LogP contribution in [0.15, 0.2) is 24.3 Å². The van der Waals surface area contributed by atoms with E-state index in [0.717, 1.165) is 17.4 Å². The summed E-state index contributed by atoms with van der Waals surface area (Å²) >= 11 is 0. The zero-order valence-corrected chi connectivity index (χ0v) is 21.2. The van der Waals surface area contributed by atoms with Crippen LogP contribution in [-0.2, 0) is 25.1 Å². The molecule has 1 heterocycles. The number of carbonyl (C=O) groups excluding carboxylic acids is 1. The molecule has 35 heavy (non-hydrogen) atoms. The van der Waals surface area contributed by atoms with Gasteiger partial charge in [-0.05, 0) is 12.5 Å². The quantitative estimate of drug-likeness (QED) is 0.295. The van der Waals surface area contributed by atoms with Crippen molar-refractivity contribution in [3.05, 3.63) is 35.4 Å². The van der Waals surface area contributed by atoms with Gasteiger partial charge in [0.1, 0.15) is 6.29 Å². The number of rotatable bonds is 10. The second kappa shape index (κ2) is 14.4. The Kier molecular flexibility index (Phi) is 12.0. The summed E-state index contributed by atoms with van der Waals surface area (Å²) in [7, 11) is -3.55. The van der Waals surface area contributed by atoms with E-state index in [1.165, 1.54) is 0 Å². The molecule has 1 saturated heterocycles. The van der Waals surface area contributed by atoms with Crippen LogP contribution in [0.25, 0.3) is 0 Å². The van der Waals surface area contributed by atoms with Crippen molar-refractivity contribution in [3.63, 3.8) is 0 Å². The predicted octanol–water partition coefficient (Wildman–Crippen LogP) is 0.313. The maximum atomic E-state index is 13.1. The lowest BCUT2D eigenvalue weighted by molar-refractivity contribution is -0.140. The third-order valence-electron chi connectivity index (χ3n) is 5.95. The van der Waals surface area contributed by atoms with E-state index in [2.05, 4.69) is 0 Å². The standard InChI is InChI=1S/C23H37N4O7P/c1-20-2-4-21(5-3-20)18-35(33,34)19-27-12-7-24(14-15-28)6-8-25(16-22(29)30)9-10-26(11-13-27)17-23(31)32/h2-5,15H,6-14,16-19H2,1H3,(H,29,30)(H,31,32)(H,33,34). The van der Waals surface area contributed by atoms with Gasteiger partial charge in [0.15, 0.2) is 0 Å². The van der Waals surface area contributed by atoms with E-state index >= 15 is 0 Å². The average Bonchev–Trinajstić information content (AvgIpc) is 2.76. The van der Waals surface area contributed by atoms with Crippen molar-refractivity contribution in [2.75, 3.05) is 78.3 Å². The molecule has 0 bridgehead atoms. The van der Waals surface area contributed by atoms with E-state index in [1.54, 1.807) is 9.80 Å². The van der Waals surface area contributed by atoms with Gasteiger partial charge in [-0.3, -0.25) is 33.8 Å². The van der Waals surface area contributed by atoms with Crippen LogP contribution in [0.3, 0.4) is 0 Å². The lowest BCUT2D eigenvalue weighted by Gasteiger charge is -2.33. The van der Waals surface area contributed by atoms with Crippen molar-refractivity contribution >= 4 is 25.6 Å². The van der Waals surface area contributed by atoms with Crippen LogP contribution in [0.5, 0.6) is 0 Å². The minimum atomic E-state index is -3.55. The Morgan fingerprint density at radius 1 is 0.829 bits per heavy atom. The smallest absolute Gasteiger partial charge is 0.317 e. The maximum absolute atomic E-state index is 13.1. The van der Waals surface area contributed by atoms with Gasteiger partial charge < -0.3 is 19.9 Å². The molecule has 1 atom stereocenters. The van der Waals surface area contributed by atoms with Crippen LogP contribution in [0.4, 0.5) is 0 Å². The van der Waals surface area contributed by atoms with Crippen molar-refractivity contribution in [2.45, 2.75) is 13.1 Å². The summed E-state index contributed by atoms with van der Waals surface area (Å²) in [4.78, 5) is 51.8. The Hall–Kier alpha value is -2.14. The normalized spacial score (nSPS) is 19.8. The molecule has 1 aromatic carbocycles. The lowest BCUT2D eigenvalue weighted by Crippen LogP contribution is -2.48. The molecule has 0 aliphatic carbocycles. The van der Waals surface area contributed by atoms with Gasteiger partial charge in [0, 0.05) is 52.4 Å². The number of carboxylic acids is 2. The van der Waals surface area contributed by atoms with E-state index in [4.69, 9.17) is 0 Å². The van der Waals surface area contributed by atoms with Gasteiger partial charge in [-0.1, -0.05) is 29.8 Å². The Labute approximate surface area is 206 Å². The second-order valence-electron chi connectivity index (χ2n) is 9.06. The van der Waals surface area contributed by atoms with Crippen molar-refractivity contribution in [3.8, 4) is 0 Å². The van der Waals surface area contributed by atoms with Gasteiger partial charge in [0.25, 0.3) is 0 Å². The Morgan fingerprint density at radius 2 is 1.26 bits per heavy atom. The predicted molar refractivity (Wildman–Crippen MR) is 132 cm³/mol. The van der Waals surface area contributed by atoms with E-state index in [0.29, 0.717) is 52.4 Å². The van der Waals surface area contributed by atoms with Crippen LogP contribution in [0.1, 0.15) is 11.1 Å². The van der Waals surface area contributed by atoms with Crippen molar-refractivity contribution in [1.82, 2.24) is 19.6 Å². The number of nitrogens with zero attached hydrogens (tertiary/aromatic N) is 4. The molecule has 11 nitrogen and oxygen atoms in total.